The Kier molecular flexibility index (Phi) is 6.04. The molecule has 0 aliphatic rings. The summed E-state index contributed by atoms with van der Waals surface area (Å²) in [5, 5.41) is 17.6. The molecule has 0 saturated carbocycles. The van der Waals surface area contributed by atoms with Crippen LogP contribution in [0.25, 0.3) is 0 Å². The number of aryl methyl sites for hydroxylation is 5. The van der Waals surface area contributed by atoms with E-state index in [1.165, 1.54) is 0 Å². The van der Waals surface area contributed by atoms with Gasteiger partial charge in [0.1, 0.15) is 17.3 Å². The zero-order chi connectivity index (χ0) is 16.9. The Hall–Kier alpha value is -2.43. The zero-order valence-electron chi connectivity index (χ0n) is 13.3. The Morgan fingerprint density at radius 2 is 1.27 bits per heavy atom. The van der Waals surface area contributed by atoms with E-state index in [0.717, 1.165) is 28.2 Å². The summed E-state index contributed by atoms with van der Waals surface area (Å²) >= 11 is 5.70. The molecule has 0 N–H and O–H groups in total. The third kappa shape index (κ3) is 4.28. The van der Waals surface area contributed by atoms with Crippen LogP contribution in [-0.4, -0.2) is 9.97 Å². The summed E-state index contributed by atoms with van der Waals surface area (Å²) in [5.74, 6) is 0. The molecule has 2 heterocycles. The molecular weight excluding hydrogens is 296 g/mol. The van der Waals surface area contributed by atoms with E-state index >= 15 is 0 Å². The summed E-state index contributed by atoms with van der Waals surface area (Å²) in [4.78, 5) is 8.13. The quantitative estimate of drug-likeness (QED) is 0.686. The summed E-state index contributed by atoms with van der Waals surface area (Å²) in [5.41, 5.74) is 5.70. The first-order valence-corrected chi connectivity index (χ1v) is 7.06. The highest BCUT2D eigenvalue weighted by Gasteiger charge is 2.04. The van der Waals surface area contributed by atoms with Crippen molar-refractivity contribution in [2.75, 3.05) is 0 Å². The number of hydrogen-bond donors (Lipinski definition) is 0. The number of hydrogen-bond acceptors (Lipinski definition) is 4. The Morgan fingerprint density at radius 3 is 1.68 bits per heavy atom. The minimum atomic E-state index is 0.296. The molecule has 0 aliphatic carbocycles. The fourth-order valence-corrected chi connectivity index (χ4v) is 2.44. The molecule has 0 aromatic carbocycles. The third-order valence-electron chi connectivity index (χ3n) is 3.05. The zero-order valence-corrected chi connectivity index (χ0v) is 14.1. The molecule has 2 aromatic heterocycles. The van der Waals surface area contributed by atoms with Crippen molar-refractivity contribution in [3.8, 4) is 12.1 Å². The molecule has 0 bridgehead atoms. The van der Waals surface area contributed by atoms with Crippen molar-refractivity contribution in [1.29, 1.82) is 10.5 Å². The van der Waals surface area contributed by atoms with Crippen LogP contribution in [0.2, 0.25) is 5.15 Å². The van der Waals surface area contributed by atoms with Crippen LogP contribution in [-0.2, 0) is 0 Å². The lowest BCUT2D eigenvalue weighted by Crippen LogP contribution is -1.93. The van der Waals surface area contributed by atoms with Crippen LogP contribution in [0.5, 0.6) is 0 Å². The van der Waals surface area contributed by atoms with E-state index in [1.807, 2.05) is 52.8 Å². The number of nitrogens with zero attached hydrogens (tertiary/aromatic N) is 4. The Morgan fingerprint density at radius 1 is 0.818 bits per heavy atom. The van der Waals surface area contributed by atoms with Crippen molar-refractivity contribution in [1.82, 2.24) is 9.97 Å². The van der Waals surface area contributed by atoms with Crippen molar-refractivity contribution in [3.05, 3.63) is 56.6 Å². The van der Waals surface area contributed by atoms with Gasteiger partial charge in [-0.05, 0) is 57.9 Å². The Labute approximate surface area is 136 Å². The first kappa shape index (κ1) is 17.6. The van der Waals surface area contributed by atoms with Crippen LogP contribution < -0.4 is 0 Å². The van der Waals surface area contributed by atoms with E-state index < -0.39 is 0 Å². The van der Waals surface area contributed by atoms with E-state index in [9.17, 15) is 0 Å². The van der Waals surface area contributed by atoms with Gasteiger partial charge in [0.05, 0.1) is 16.8 Å². The van der Waals surface area contributed by atoms with E-state index in [1.54, 1.807) is 0 Å². The molecule has 0 atom stereocenters. The van der Waals surface area contributed by atoms with E-state index in [2.05, 4.69) is 16.0 Å². The predicted molar refractivity (Wildman–Crippen MR) is 86.6 cm³/mol. The summed E-state index contributed by atoms with van der Waals surface area (Å²) in [6.07, 6.45) is 0. The van der Waals surface area contributed by atoms with Crippen LogP contribution in [0.4, 0.5) is 0 Å². The second kappa shape index (κ2) is 7.54. The first-order valence-electron chi connectivity index (χ1n) is 6.69. The molecule has 0 radical (unpaired) electrons. The van der Waals surface area contributed by atoms with Gasteiger partial charge in [-0.3, -0.25) is 4.98 Å². The minimum absolute atomic E-state index is 0.296. The third-order valence-corrected chi connectivity index (χ3v) is 3.32. The van der Waals surface area contributed by atoms with Crippen molar-refractivity contribution < 1.29 is 0 Å². The van der Waals surface area contributed by atoms with Crippen molar-refractivity contribution >= 4 is 11.6 Å². The highest BCUT2D eigenvalue weighted by atomic mass is 35.5. The van der Waals surface area contributed by atoms with Gasteiger partial charge in [-0.25, -0.2) is 4.98 Å². The summed E-state index contributed by atoms with van der Waals surface area (Å²) in [7, 11) is 0. The topological polar surface area (TPSA) is 73.4 Å². The van der Waals surface area contributed by atoms with E-state index in [0.29, 0.717) is 16.3 Å². The van der Waals surface area contributed by atoms with Crippen molar-refractivity contribution in [3.63, 3.8) is 0 Å². The Bertz CT molecular complexity index is 669. The molecule has 112 valence electrons. The van der Waals surface area contributed by atoms with Gasteiger partial charge >= 0.3 is 0 Å². The summed E-state index contributed by atoms with van der Waals surface area (Å²) in [6.45, 7) is 9.42. The van der Waals surface area contributed by atoms with Gasteiger partial charge in [0.25, 0.3) is 0 Å². The maximum Gasteiger partial charge on any atom is 0.147 e. The fraction of sp³-hybridized carbons (Fsp3) is 0.294. The summed E-state index contributed by atoms with van der Waals surface area (Å²) in [6, 6.07) is 7.88. The Balaban J connectivity index is 0.000000220. The fourth-order valence-electron chi connectivity index (χ4n) is 2.12. The second-order valence-electron chi connectivity index (χ2n) is 5.01. The molecule has 0 spiro atoms. The van der Waals surface area contributed by atoms with Gasteiger partial charge in [-0.1, -0.05) is 11.6 Å². The van der Waals surface area contributed by atoms with E-state index in [-0.39, 0.29) is 0 Å². The van der Waals surface area contributed by atoms with Crippen LogP contribution >= 0.6 is 11.6 Å². The monoisotopic (exact) mass is 312 g/mol. The maximum atomic E-state index is 8.70. The molecule has 0 aliphatic heterocycles. The van der Waals surface area contributed by atoms with Crippen molar-refractivity contribution in [2.45, 2.75) is 34.6 Å². The number of halogens is 1. The van der Waals surface area contributed by atoms with Crippen LogP contribution in [0.1, 0.15) is 39.3 Å². The predicted octanol–water partition coefficient (Wildman–Crippen LogP) is 4.10. The van der Waals surface area contributed by atoms with Crippen molar-refractivity contribution in [2.24, 2.45) is 0 Å². The molecule has 2 aromatic rings. The van der Waals surface area contributed by atoms with E-state index in [4.69, 9.17) is 22.1 Å². The molecular formula is C17H17ClN4. The smallest absolute Gasteiger partial charge is 0.147 e. The number of rotatable bonds is 0. The first-order chi connectivity index (χ1) is 10.3. The number of aromatic nitrogens is 2. The van der Waals surface area contributed by atoms with Gasteiger partial charge < -0.3 is 0 Å². The molecule has 0 amide bonds. The highest BCUT2D eigenvalue weighted by Crippen LogP contribution is 2.16. The van der Waals surface area contributed by atoms with Gasteiger partial charge in [-0.2, -0.15) is 10.5 Å². The van der Waals surface area contributed by atoms with Crippen LogP contribution in [0.15, 0.2) is 12.1 Å². The second-order valence-corrected chi connectivity index (χ2v) is 5.37. The molecule has 0 saturated heterocycles. The normalized spacial score (nSPS) is 9.27. The number of pyridine rings is 2. The SMILES string of the molecule is Cc1cc(C)c(C#N)c(C)n1.Cc1cc(C)c(C#N)c(Cl)n1. The summed E-state index contributed by atoms with van der Waals surface area (Å²) < 4.78 is 0. The maximum absolute atomic E-state index is 8.70. The average molecular weight is 313 g/mol. The standard InChI is InChI=1S/C9H10N2.C8H7ClN2/c1-6-4-7(2)11-8(3)9(6)5-10;1-5-3-6(2)11-8(9)7(5)4-10/h4H,1-3H3;3H,1-2H3. The lowest BCUT2D eigenvalue weighted by molar-refractivity contribution is 1.09. The van der Waals surface area contributed by atoms with Gasteiger partial charge in [0, 0.05) is 11.4 Å². The molecule has 2 rings (SSSR count). The molecule has 4 nitrogen and oxygen atoms in total. The molecule has 22 heavy (non-hydrogen) atoms. The van der Waals surface area contributed by atoms with Gasteiger partial charge in [0.2, 0.25) is 0 Å². The average Bonchev–Trinajstić information content (AvgIpc) is 2.38. The minimum Gasteiger partial charge on any atom is -0.257 e. The molecule has 0 fully saturated rings. The molecule has 0 unspecified atom stereocenters. The highest BCUT2D eigenvalue weighted by molar-refractivity contribution is 6.30. The van der Waals surface area contributed by atoms with Gasteiger partial charge in [-0.15, -0.1) is 0 Å². The van der Waals surface area contributed by atoms with Crippen LogP contribution in [0.3, 0.4) is 0 Å². The largest absolute Gasteiger partial charge is 0.257 e. The lowest BCUT2D eigenvalue weighted by atomic mass is 10.1. The molecule has 5 heteroatoms. The lowest BCUT2D eigenvalue weighted by Gasteiger charge is -2.01. The van der Waals surface area contributed by atoms with Crippen LogP contribution in [0, 0.1) is 57.3 Å². The number of nitriles is 2. The van der Waals surface area contributed by atoms with Gasteiger partial charge in [0.15, 0.2) is 0 Å².